The minimum Gasteiger partial charge on any atom is -0.435 e. The van der Waals surface area contributed by atoms with Gasteiger partial charge in [-0.05, 0) is 44.6 Å². The van der Waals surface area contributed by atoms with E-state index in [1.165, 1.54) is 17.6 Å². The van der Waals surface area contributed by atoms with Crippen molar-refractivity contribution in [2.75, 3.05) is 0 Å². The maximum atomic E-state index is 11.0. The fourth-order valence-electron chi connectivity index (χ4n) is 1.72. The largest absolute Gasteiger partial charge is 0.435 e. The lowest BCUT2D eigenvalue weighted by atomic mass is 9.86. The van der Waals surface area contributed by atoms with E-state index in [0.29, 0.717) is 12.3 Å². The molecule has 0 aromatic heterocycles. The van der Waals surface area contributed by atoms with Gasteiger partial charge in [-0.25, -0.2) is 0 Å². The molecule has 84 valence electrons. The molecule has 0 aromatic rings. The van der Waals surface area contributed by atoms with Crippen molar-refractivity contribution >= 4 is 5.97 Å². The van der Waals surface area contributed by atoms with Crippen molar-refractivity contribution in [2.45, 2.75) is 46.5 Å². The van der Waals surface area contributed by atoms with E-state index in [2.05, 4.69) is 13.0 Å². The van der Waals surface area contributed by atoms with Crippen molar-refractivity contribution in [3.63, 3.8) is 0 Å². The van der Waals surface area contributed by atoms with Crippen molar-refractivity contribution in [1.82, 2.24) is 0 Å². The molecule has 0 aliphatic heterocycles. The van der Waals surface area contributed by atoms with Crippen LogP contribution in [0.15, 0.2) is 23.5 Å². The number of hydrogen-bond acceptors (Lipinski definition) is 2. The minimum absolute atomic E-state index is 0.156. The molecular formula is C13H20O2. The number of esters is 1. The third-order valence-corrected chi connectivity index (χ3v) is 2.95. The highest BCUT2D eigenvalue weighted by molar-refractivity contribution is 5.69. The average Bonchev–Trinajstić information content (AvgIpc) is 2.26. The Morgan fingerprint density at radius 1 is 1.67 bits per heavy atom. The Bertz CT molecular complexity index is 287. The molecule has 0 saturated carbocycles. The summed E-state index contributed by atoms with van der Waals surface area (Å²) >= 11 is 0. The quantitative estimate of drug-likeness (QED) is 0.402. The zero-order valence-corrected chi connectivity index (χ0v) is 9.88. The van der Waals surface area contributed by atoms with E-state index in [1.807, 2.05) is 6.92 Å². The SMILES string of the molecule is CCC(=O)O/C=C(\C)C1CC=C(C)CC1. The van der Waals surface area contributed by atoms with Crippen LogP contribution in [-0.2, 0) is 9.53 Å². The van der Waals surface area contributed by atoms with Gasteiger partial charge in [0.15, 0.2) is 0 Å². The number of carbonyl (C=O) groups excluding carboxylic acids is 1. The fraction of sp³-hybridized carbons (Fsp3) is 0.615. The van der Waals surface area contributed by atoms with Crippen LogP contribution in [0.1, 0.15) is 46.5 Å². The third kappa shape index (κ3) is 3.90. The zero-order chi connectivity index (χ0) is 11.3. The van der Waals surface area contributed by atoms with E-state index in [0.717, 1.165) is 12.8 Å². The molecule has 0 heterocycles. The van der Waals surface area contributed by atoms with Crippen LogP contribution in [0.5, 0.6) is 0 Å². The average molecular weight is 208 g/mol. The Balaban J connectivity index is 2.46. The molecule has 1 aliphatic rings. The van der Waals surface area contributed by atoms with Crippen molar-refractivity contribution in [1.29, 1.82) is 0 Å². The Labute approximate surface area is 92.0 Å². The molecule has 0 bridgehead atoms. The van der Waals surface area contributed by atoms with Gasteiger partial charge in [0.05, 0.1) is 6.26 Å². The first kappa shape index (κ1) is 12.0. The van der Waals surface area contributed by atoms with Crippen molar-refractivity contribution in [3.05, 3.63) is 23.5 Å². The lowest BCUT2D eigenvalue weighted by Crippen LogP contribution is -2.07. The van der Waals surface area contributed by atoms with Crippen LogP contribution >= 0.6 is 0 Å². The highest BCUT2D eigenvalue weighted by Crippen LogP contribution is 2.28. The molecule has 0 spiro atoms. The summed E-state index contributed by atoms with van der Waals surface area (Å²) in [7, 11) is 0. The molecule has 0 fully saturated rings. The van der Waals surface area contributed by atoms with Crippen LogP contribution in [-0.4, -0.2) is 5.97 Å². The molecule has 1 unspecified atom stereocenters. The molecule has 1 rings (SSSR count). The van der Waals surface area contributed by atoms with Gasteiger partial charge in [-0.1, -0.05) is 18.6 Å². The third-order valence-electron chi connectivity index (χ3n) is 2.95. The molecule has 0 amide bonds. The summed E-state index contributed by atoms with van der Waals surface area (Å²) in [4.78, 5) is 11.0. The van der Waals surface area contributed by atoms with E-state index in [9.17, 15) is 4.79 Å². The van der Waals surface area contributed by atoms with Gasteiger partial charge in [-0.3, -0.25) is 4.79 Å². The summed E-state index contributed by atoms with van der Waals surface area (Å²) in [6.45, 7) is 6.02. The Hall–Kier alpha value is -1.05. The van der Waals surface area contributed by atoms with Gasteiger partial charge in [0, 0.05) is 6.42 Å². The second kappa shape index (κ2) is 5.74. The monoisotopic (exact) mass is 208 g/mol. The predicted molar refractivity (Wildman–Crippen MR) is 61.2 cm³/mol. The van der Waals surface area contributed by atoms with E-state index in [-0.39, 0.29) is 5.97 Å². The normalized spacial score (nSPS) is 22.2. The lowest BCUT2D eigenvalue weighted by molar-refractivity contribution is -0.137. The first-order valence-corrected chi connectivity index (χ1v) is 5.65. The number of allylic oxidation sites excluding steroid dienone is 3. The second-order valence-corrected chi connectivity index (χ2v) is 4.23. The van der Waals surface area contributed by atoms with Crippen molar-refractivity contribution in [3.8, 4) is 0 Å². The molecule has 0 saturated heterocycles. The highest BCUT2D eigenvalue weighted by Gasteiger charge is 2.14. The smallest absolute Gasteiger partial charge is 0.310 e. The van der Waals surface area contributed by atoms with Gasteiger partial charge in [0.25, 0.3) is 0 Å². The number of rotatable bonds is 3. The Morgan fingerprint density at radius 2 is 2.40 bits per heavy atom. The Kier molecular flexibility index (Phi) is 4.60. The lowest BCUT2D eigenvalue weighted by Gasteiger charge is -2.20. The van der Waals surface area contributed by atoms with Gasteiger partial charge >= 0.3 is 5.97 Å². The Morgan fingerprint density at radius 3 is 2.93 bits per heavy atom. The number of ether oxygens (including phenoxy) is 1. The van der Waals surface area contributed by atoms with Crippen LogP contribution in [0, 0.1) is 5.92 Å². The van der Waals surface area contributed by atoms with Gasteiger partial charge in [0.2, 0.25) is 0 Å². The van der Waals surface area contributed by atoms with Crippen LogP contribution in [0.3, 0.4) is 0 Å². The standard InChI is InChI=1S/C13H20O2/c1-4-13(14)15-9-11(3)12-7-5-10(2)6-8-12/h5,9,12H,4,6-8H2,1-3H3/b11-9+. The molecular weight excluding hydrogens is 188 g/mol. The van der Waals surface area contributed by atoms with Crippen LogP contribution < -0.4 is 0 Å². The summed E-state index contributed by atoms with van der Waals surface area (Å²) < 4.78 is 5.01. The minimum atomic E-state index is -0.156. The summed E-state index contributed by atoms with van der Waals surface area (Å²) in [6.07, 6.45) is 7.77. The molecule has 1 atom stereocenters. The van der Waals surface area contributed by atoms with E-state index in [1.54, 1.807) is 13.2 Å². The maximum Gasteiger partial charge on any atom is 0.310 e. The van der Waals surface area contributed by atoms with Crippen LogP contribution in [0.25, 0.3) is 0 Å². The van der Waals surface area contributed by atoms with E-state index < -0.39 is 0 Å². The maximum absolute atomic E-state index is 11.0. The topological polar surface area (TPSA) is 26.3 Å². The molecule has 0 N–H and O–H groups in total. The van der Waals surface area contributed by atoms with Gasteiger partial charge in [-0.15, -0.1) is 0 Å². The first-order valence-electron chi connectivity index (χ1n) is 5.65. The summed E-state index contributed by atoms with van der Waals surface area (Å²) in [6, 6.07) is 0. The molecule has 0 aromatic carbocycles. The van der Waals surface area contributed by atoms with Crippen LogP contribution in [0.2, 0.25) is 0 Å². The zero-order valence-electron chi connectivity index (χ0n) is 9.88. The molecule has 2 nitrogen and oxygen atoms in total. The molecule has 1 aliphatic carbocycles. The highest BCUT2D eigenvalue weighted by atomic mass is 16.5. The predicted octanol–water partition coefficient (Wildman–Crippen LogP) is 3.59. The summed E-state index contributed by atoms with van der Waals surface area (Å²) in [5.41, 5.74) is 2.66. The van der Waals surface area contributed by atoms with Gasteiger partial charge in [0.1, 0.15) is 0 Å². The molecule has 2 heteroatoms. The summed E-state index contributed by atoms with van der Waals surface area (Å²) in [5.74, 6) is 0.398. The second-order valence-electron chi connectivity index (χ2n) is 4.23. The molecule has 15 heavy (non-hydrogen) atoms. The summed E-state index contributed by atoms with van der Waals surface area (Å²) in [5, 5.41) is 0. The van der Waals surface area contributed by atoms with E-state index in [4.69, 9.17) is 4.74 Å². The first-order chi connectivity index (χ1) is 7.13. The number of hydrogen-bond donors (Lipinski definition) is 0. The van der Waals surface area contributed by atoms with Crippen LogP contribution in [0.4, 0.5) is 0 Å². The van der Waals surface area contributed by atoms with E-state index >= 15 is 0 Å². The van der Waals surface area contributed by atoms with Crippen molar-refractivity contribution in [2.24, 2.45) is 5.92 Å². The fourth-order valence-corrected chi connectivity index (χ4v) is 1.72. The number of carbonyl (C=O) groups is 1. The van der Waals surface area contributed by atoms with Crippen molar-refractivity contribution < 1.29 is 9.53 Å². The molecule has 0 radical (unpaired) electrons. The van der Waals surface area contributed by atoms with Gasteiger partial charge in [-0.2, -0.15) is 0 Å². The van der Waals surface area contributed by atoms with Gasteiger partial charge < -0.3 is 4.74 Å².